The Bertz CT molecular complexity index is 919. The zero-order valence-electron chi connectivity index (χ0n) is 14.2. The van der Waals surface area contributed by atoms with E-state index in [1.165, 1.54) is 28.8 Å². The Kier molecular flexibility index (Phi) is 5.09. The number of aliphatic imine (C=N–C) groups is 1. The number of amidine groups is 1. The van der Waals surface area contributed by atoms with E-state index >= 15 is 0 Å². The molecule has 0 radical (unpaired) electrons. The summed E-state index contributed by atoms with van der Waals surface area (Å²) in [5.74, 6) is -0.426. The molecule has 7 heteroatoms. The minimum Gasteiger partial charge on any atom is -0.497 e. The van der Waals surface area contributed by atoms with Crippen LogP contribution in [-0.2, 0) is 4.79 Å². The number of ether oxygens (including phenoxy) is 1. The zero-order chi connectivity index (χ0) is 18.7. The number of carboxylic acid groups (broad SMARTS) is 1. The molecule has 132 valence electrons. The maximum Gasteiger partial charge on any atom is 0.335 e. The lowest BCUT2D eigenvalue weighted by Crippen LogP contribution is -2.23. The fourth-order valence-electron chi connectivity index (χ4n) is 2.32. The van der Waals surface area contributed by atoms with E-state index in [1.807, 2.05) is 24.3 Å². The molecular weight excluding hydrogens is 352 g/mol. The molecule has 6 nitrogen and oxygen atoms in total. The summed E-state index contributed by atoms with van der Waals surface area (Å²) in [4.78, 5) is 29.9. The van der Waals surface area contributed by atoms with E-state index in [0.717, 1.165) is 11.3 Å². The molecule has 1 aliphatic heterocycles. The van der Waals surface area contributed by atoms with Crippen molar-refractivity contribution in [3.05, 3.63) is 64.6 Å². The van der Waals surface area contributed by atoms with Crippen LogP contribution >= 0.6 is 11.8 Å². The van der Waals surface area contributed by atoms with Crippen LogP contribution in [0.4, 0.5) is 5.69 Å². The molecule has 2 aromatic carbocycles. The molecule has 1 aliphatic rings. The Morgan fingerprint density at radius 2 is 1.96 bits per heavy atom. The highest BCUT2D eigenvalue weighted by molar-refractivity contribution is 8.18. The average molecular weight is 368 g/mol. The molecule has 0 saturated carbocycles. The number of carbonyl (C=O) groups excluding carboxylic acids is 1. The summed E-state index contributed by atoms with van der Waals surface area (Å²) in [5, 5.41) is 9.57. The minimum atomic E-state index is -1.02. The van der Waals surface area contributed by atoms with E-state index < -0.39 is 5.97 Å². The van der Waals surface area contributed by atoms with Gasteiger partial charge in [0.1, 0.15) is 5.75 Å². The van der Waals surface area contributed by atoms with Crippen LogP contribution < -0.4 is 4.74 Å². The summed E-state index contributed by atoms with van der Waals surface area (Å²) in [7, 11) is 3.24. The van der Waals surface area contributed by atoms with Crippen molar-refractivity contribution < 1.29 is 19.4 Å². The minimum absolute atomic E-state index is 0.151. The molecule has 1 amide bonds. The number of carboxylic acids is 1. The molecule has 2 aromatic rings. The van der Waals surface area contributed by atoms with Gasteiger partial charge in [0.25, 0.3) is 5.91 Å². The number of carbonyl (C=O) groups is 2. The molecule has 0 bridgehead atoms. The van der Waals surface area contributed by atoms with Crippen LogP contribution in [0.1, 0.15) is 15.9 Å². The summed E-state index contributed by atoms with van der Waals surface area (Å²) >= 11 is 1.25. The predicted octanol–water partition coefficient (Wildman–Crippen LogP) is 3.63. The molecule has 26 heavy (non-hydrogen) atoms. The largest absolute Gasteiger partial charge is 0.497 e. The number of benzene rings is 2. The van der Waals surface area contributed by atoms with Crippen LogP contribution in [0.2, 0.25) is 0 Å². The molecule has 0 atom stereocenters. The second-order valence-corrected chi connectivity index (χ2v) is 6.51. The van der Waals surface area contributed by atoms with Crippen molar-refractivity contribution in [2.45, 2.75) is 0 Å². The van der Waals surface area contributed by atoms with Crippen molar-refractivity contribution in [1.29, 1.82) is 0 Å². The topological polar surface area (TPSA) is 79.2 Å². The Labute approximate surface area is 154 Å². The lowest BCUT2D eigenvalue weighted by atomic mass is 10.2. The summed E-state index contributed by atoms with van der Waals surface area (Å²) in [6.07, 6.45) is 1.79. The van der Waals surface area contributed by atoms with Gasteiger partial charge in [-0.25, -0.2) is 9.79 Å². The van der Waals surface area contributed by atoms with Gasteiger partial charge in [-0.2, -0.15) is 0 Å². The third-order valence-electron chi connectivity index (χ3n) is 3.74. The van der Waals surface area contributed by atoms with Crippen molar-refractivity contribution in [1.82, 2.24) is 4.90 Å². The Balaban J connectivity index is 1.87. The van der Waals surface area contributed by atoms with Gasteiger partial charge >= 0.3 is 5.97 Å². The number of hydrogen-bond donors (Lipinski definition) is 1. The first-order chi connectivity index (χ1) is 12.5. The summed E-state index contributed by atoms with van der Waals surface area (Å²) < 4.78 is 5.13. The lowest BCUT2D eigenvalue weighted by Gasteiger charge is -2.07. The molecular formula is C19H16N2O4S. The normalized spacial score (nSPS) is 17.2. The first-order valence-corrected chi connectivity index (χ1v) is 8.53. The number of amides is 1. The van der Waals surface area contributed by atoms with E-state index in [-0.39, 0.29) is 11.5 Å². The van der Waals surface area contributed by atoms with Gasteiger partial charge in [-0.1, -0.05) is 18.2 Å². The third kappa shape index (κ3) is 3.78. The molecule has 3 rings (SSSR count). The van der Waals surface area contributed by atoms with Gasteiger partial charge < -0.3 is 9.84 Å². The van der Waals surface area contributed by atoms with Crippen LogP contribution in [0.15, 0.2) is 58.4 Å². The number of aromatic carboxylic acids is 1. The van der Waals surface area contributed by atoms with Crippen LogP contribution in [0.5, 0.6) is 5.75 Å². The predicted molar refractivity (Wildman–Crippen MR) is 102 cm³/mol. The van der Waals surface area contributed by atoms with Gasteiger partial charge in [0.2, 0.25) is 0 Å². The summed E-state index contributed by atoms with van der Waals surface area (Å²) in [6.45, 7) is 0. The van der Waals surface area contributed by atoms with Gasteiger partial charge in [0.15, 0.2) is 5.17 Å². The number of methoxy groups -OCH3 is 1. The molecule has 1 saturated heterocycles. The van der Waals surface area contributed by atoms with Gasteiger partial charge in [-0.15, -0.1) is 0 Å². The smallest absolute Gasteiger partial charge is 0.335 e. The standard InChI is InChI=1S/C19H16N2O4S/c1-21-17(22)16(10-12-6-8-15(25-2)9-7-12)26-19(21)20-14-5-3-4-13(11-14)18(23)24/h3-11H,1-2H3,(H,23,24)/b16-10+,20-19?. The SMILES string of the molecule is COc1ccc(/C=C2/SC(=Nc3cccc(C(=O)O)c3)N(C)C2=O)cc1. The number of hydrogen-bond acceptors (Lipinski definition) is 5. The maximum absolute atomic E-state index is 12.4. The number of rotatable bonds is 4. The summed E-state index contributed by atoms with van der Waals surface area (Å²) in [5.41, 5.74) is 1.51. The average Bonchev–Trinajstić information content (AvgIpc) is 2.90. The fourth-order valence-corrected chi connectivity index (χ4v) is 3.31. The van der Waals surface area contributed by atoms with Crippen molar-refractivity contribution in [3.63, 3.8) is 0 Å². The zero-order valence-corrected chi connectivity index (χ0v) is 15.0. The van der Waals surface area contributed by atoms with E-state index in [2.05, 4.69) is 4.99 Å². The second kappa shape index (κ2) is 7.45. The molecule has 1 N–H and O–H groups in total. The molecule has 0 aliphatic carbocycles. The second-order valence-electron chi connectivity index (χ2n) is 5.50. The van der Waals surface area contributed by atoms with Crippen molar-refractivity contribution >= 4 is 40.6 Å². The first-order valence-electron chi connectivity index (χ1n) is 7.71. The molecule has 1 fully saturated rings. The Morgan fingerprint density at radius 1 is 1.23 bits per heavy atom. The van der Waals surface area contributed by atoms with Crippen LogP contribution in [-0.4, -0.2) is 41.2 Å². The van der Waals surface area contributed by atoms with Crippen LogP contribution in [0.3, 0.4) is 0 Å². The van der Waals surface area contributed by atoms with Crippen LogP contribution in [0, 0.1) is 0 Å². The van der Waals surface area contributed by atoms with Gasteiger partial charge in [-0.05, 0) is 53.7 Å². The van der Waals surface area contributed by atoms with Crippen molar-refractivity contribution in [2.24, 2.45) is 4.99 Å². The lowest BCUT2D eigenvalue weighted by molar-refractivity contribution is -0.121. The number of thioether (sulfide) groups is 1. The highest BCUT2D eigenvalue weighted by Gasteiger charge is 2.30. The van der Waals surface area contributed by atoms with Gasteiger partial charge in [-0.3, -0.25) is 9.69 Å². The number of likely N-dealkylation sites (N-methyl/N-ethyl adjacent to an activating group) is 1. The monoisotopic (exact) mass is 368 g/mol. The summed E-state index contributed by atoms with van der Waals surface area (Å²) in [6, 6.07) is 13.7. The van der Waals surface area contributed by atoms with E-state index in [4.69, 9.17) is 9.84 Å². The fraction of sp³-hybridized carbons (Fsp3) is 0.105. The Morgan fingerprint density at radius 3 is 2.62 bits per heavy atom. The molecule has 0 spiro atoms. The van der Waals surface area contributed by atoms with Crippen molar-refractivity contribution in [3.8, 4) is 5.75 Å². The quantitative estimate of drug-likeness (QED) is 0.834. The molecule has 0 aromatic heterocycles. The van der Waals surface area contributed by atoms with E-state index in [0.29, 0.717) is 15.8 Å². The molecule has 1 heterocycles. The number of nitrogens with zero attached hydrogens (tertiary/aromatic N) is 2. The Hall–Kier alpha value is -3.06. The maximum atomic E-state index is 12.4. The van der Waals surface area contributed by atoms with Crippen molar-refractivity contribution in [2.75, 3.05) is 14.2 Å². The van der Waals surface area contributed by atoms with Gasteiger partial charge in [0, 0.05) is 7.05 Å². The molecule has 0 unspecified atom stereocenters. The third-order valence-corrected chi connectivity index (χ3v) is 4.80. The highest BCUT2D eigenvalue weighted by Crippen LogP contribution is 2.33. The van der Waals surface area contributed by atoms with E-state index in [1.54, 1.807) is 32.4 Å². The highest BCUT2D eigenvalue weighted by atomic mass is 32.2. The van der Waals surface area contributed by atoms with Gasteiger partial charge in [0.05, 0.1) is 23.3 Å². The first kappa shape index (κ1) is 17.8. The van der Waals surface area contributed by atoms with E-state index in [9.17, 15) is 9.59 Å². The van der Waals surface area contributed by atoms with Crippen LogP contribution in [0.25, 0.3) is 6.08 Å².